The Bertz CT molecular complexity index is 661. The summed E-state index contributed by atoms with van der Waals surface area (Å²) < 4.78 is 10.9. The molecule has 6 heteroatoms. The van der Waals surface area contributed by atoms with Gasteiger partial charge in [0.2, 0.25) is 5.91 Å². The van der Waals surface area contributed by atoms with Crippen molar-refractivity contribution in [3.63, 3.8) is 0 Å². The number of carbonyl (C=O) groups excluding carboxylic acids is 2. The lowest BCUT2D eigenvalue weighted by atomic mass is 9.86. The number of hydrazine groups is 1. The fraction of sp³-hybridized carbons (Fsp3) is 0.600. The van der Waals surface area contributed by atoms with Gasteiger partial charge in [0.25, 0.3) is 5.91 Å². The zero-order valence-electron chi connectivity index (χ0n) is 15.5. The van der Waals surface area contributed by atoms with Crippen LogP contribution >= 0.6 is 0 Å². The lowest BCUT2D eigenvalue weighted by Gasteiger charge is -2.21. The Morgan fingerprint density at radius 1 is 1.15 bits per heavy atom. The molecule has 2 bridgehead atoms. The van der Waals surface area contributed by atoms with Gasteiger partial charge in [0.1, 0.15) is 0 Å². The molecule has 0 unspecified atom stereocenters. The van der Waals surface area contributed by atoms with Crippen LogP contribution in [0.25, 0.3) is 0 Å². The van der Waals surface area contributed by atoms with Crippen LogP contribution in [0, 0.1) is 17.8 Å². The van der Waals surface area contributed by atoms with Gasteiger partial charge in [0, 0.05) is 12.0 Å². The molecule has 2 saturated carbocycles. The van der Waals surface area contributed by atoms with E-state index in [1.165, 1.54) is 26.4 Å². The van der Waals surface area contributed by atoms with Crippen molar-refractivity contribution in [2.75, 3.05) is 13.7 Å². The molecule has 2 amide bonds. The zero-order chi connectivity index (χ0) is 18.5. The average Bonchev–Trinajstić information content (AvgIpc) is 3.27. The van der Waals surface area contributed by atoms with Gasteiger partial charge < -0.3 is 9.47 Å². The summed E-state index contributed by atoms with van der Waals surface area (Å²) in [7, 11) is 1.53. The van der Waals surface area contributed by atoms with Crippen LogP contribution in [0.5, 0.6) is 11.5 Å². The molecule has 2 N–H and O–H groups in total. The Balaban J connectivity index is 1.50. The molecule has 2 fully saturated rings. The average molecular weight is 360 g/mol. The fourth-order valence-electron chi connectivity index (χ4n) is 4.25. The first kappa shape index (κ1) is 18.5. The van der Waals surface area contributed by atoms with Crippen LogP contribution < -0.4 is 20.3 Å². The number of methoxy groups -OCH3 is 1. The van der Waals surface area contributed by atoms with E-state index in [0.29, 0.717) is 41.9 Å². The highest BCUT2D eigenvalue weighted by Gasteiger charge is 2.40. The third kappa shape index (κ3) is 4.29. The number of hydrogen-bond acceptors (Lipinski definition) is 4. The SMILES string of the molecule is CCCOc1ccc(C(=O)NNC(=O)C[C@@H]2C[C@H]3CC[C@@H]2C3)cc1OC. The lowest BCUT2D eigenvalue weighted by Crippen LogP contribution is -2.42. The summed E-state index contributed by atoms with van der Waals surface area (Å²) in [6, 6.07) is 4.98. The predicted octanol–water partition coefficient (Wildman–Crippen LogP) is 3.07. The van der Waals surface area contributed by atoms with Crippen molar-refractivity contribution in [1.29, 1.82) is 0 Å². The molecule has 6 nitrogen and oxygen atoms in total. The van der Waals surface area contributed by atoms with E-state index < -0.39 is 0 Å². The zero-order valence-corrected chi connectivity index (χ0v) is 15.5. The number of hydrogen-bond donors (Lipinski definition) is 2. The maximum atomic E-state index is 12.3. The van der Waals surface area contributed by atoms with Gasteiger partial charge in [-0.2, -0.15) is 0 Å². The van der Waals surface area contributed by atoms with Crippen molar-refractivity contribution in [1.82, 2.24) is 10.9 Å². The lowest BCUT2D eigenvalue weighted by molar-refractivity contribution is -0.123. The number of ether oxygens (including phenoxy) is 2. The molecular weight excluding hydrogens is 332 g/mol. The summed E-state index contributed by atoms with van der Waals surface area (Å²) in [6.45, 7) is 2.61. The number of rotatable bonds is 7. The molecule has 0 radical (unpaired) electrons. The van der Waals surface area contributed by atoms with E-state index in [2.05, 4.69) is 10.9 Å². The maximum absolute atomic E-state index is 12.3. The van der Waals surface area contributed by atoms with Crippen LogP contribution in [0.15, 0.2) is 18.2 Å². The van der Waals surface area contributed by atoms with Gasteiger partial charge in [-0.15, -0.1) is 0 Å². The minimum atomic E-state index is -0.369. The Labute approximate surface area is 154 Å². The smallest absolute Gasteiger partial charge is 0.269 e. The molecule has 1 aromatic rings. The molecule has 3 rings (SSSR count). The molecule has 1 aromatic carbocycles. The molecule has 2 aliphatic rings. The predicted molar refractivity (Wildman–Crippen MR) is 97.9 cm³/mol. The minimum absolute atomic E-state index is 0.120. The normalized spacial score (nSPS) is 23.5. The summed E-state index contributed by atoms with van der Waals surface area (Å²) in [6.07, 6.45) is 6.38. The molecule has 3 atom stereocenters. The molecule has 2 aliphatic carbocycles. The number of fused-ring (bicyclic) bond motifs is 2. The van der Waals surface area contributed by atoms with Gasteiger partial charge in [0.05, 0.1) is 13.7 Å². The van der Waals surface area contributed by atoms with Gasteiger partial charge in [-0.25, -0.2) is 0 Å². The van der Waals surface area contributed by atoms with Crippen LogP contribution in [0.3, 0.4) is 0 Å². The van der Waals surface area contributed by atoms with E-state index in [4.69, 9.17) is 9.47 Å². The first-order valence-corrected chi connectivity index (χ1v) is 9.50. The Kier molecular flexibility index (Phi) is 6.01. The van der Waals surface area contributed by atoms with E-state index in [0.717, 1.165) is 18.8 Å². The van der Waals surface area contributed by atoms with Gasteiger partial charge in [-0.05, 0) is 61.6 Å². The third-order valence-electron chi connectivity index (χ3n) is 5.54. The topological polar surface area (TPSA) is 76.7 Å². The molecule has 0 saturated heterocycles. The van der Waals surface area contributed by atoms with E-state index in [1.54, 1.807) is 18.2 Å². The highest BCUT2D eigenvalue weighted by molar-refractivity contribution is 5.96. The molecule has 0 heterocycles. The summed E-state index contributed by atoms with van der Waals surface area (Å²) in [5.74, 6) is 2.60. The van der Waals surface area contributed by atoms with Crippen molar-refractivity contribution in [2.45, 2.75) is 45.4 Å². The summed E-state index contributed by atoms with van der Waals surface area (Å²) in [4.78, 5) is 24.4. The highest BCUT2D eigenvalue weighted by Crippen LogP contribution is 2.49. The van der Waals surface area contributed by atoms with E-state index in [1.807, 2.05) is 6.92 Å². The Hall–Kier alpha value is -2.24. The Morgan fingerprint density at radius 2 is 2.00 bits per heavy atom. The highest BCUT2D eigenvalue weighted by atomic mass is 16.5. The Morgan fingerprint density at radius 3 is 2.65 bits per heavy atom. The van der Waals surface area contributed by atoms with E-state index in [9.17, 15) is 9.59 Å². The first-order valence-electron chi connectivity index (χ1n) is 9.50. The van der Waals surface area contributed by atoms with Crippen LogP contribution in [0.1, 0.15) is 55.8 Å². The number of amides is 2. The van der Waals surface area contributed by atoms with Crippen LogP contribution in [0.2, 0.25) is 0 Å². The van der Waals surface area contributed by atoms with Crippen LogP contribution in [0.4, 0.5) is 0 Å². The summed E-state index contributed by atoms with van der Waals surface area (Å²) in [5, 5.41) is 0. The third-order valence-corrected chi connectivity index (χ3v) is 5.54. The largest absolute Gasteiger partial charge is 0.493 e. The van der Waals surface area contributed by atoms with Crippen LogP contribution in [-0.2, 0) is 4.79 Å². The molecule has 0 spiro atoms. The molecule has 0 aromatic heterocycles. The fourth-order valence-corrected chi connectivity index (χ4v) is 4.25. The molecule has 26 heavy (non-hydrogen) atoms. The van der Waals surface area contributed by atoms with Crippen LogP contribution in [-0.4, -0.2) is 25.5 Å². The molecule has 142 valence electrons. The second kappa shape index (κ2) is 8.43. The van der Waals surface area contributed by atoms with Crippen molar-refractivity contribution in [2.24, 2.45) is 17.8 Å². The number of benzene rings is 1. The second-order valence-electron chi connectivity index (χ2n) is 7.36. The quantitative estimate of drug-likeness (QED) is 0.733. The monoisotopic (exact) mass is 360 g/mol. The minimum Gasteiger partial charge on any atom is -0.493 e. The van der Waals surface area contributed by atoms with Gasteiger partial charge in [-0.3, -0.25) is 20.4 Å². The number of nitrogens with one attached hydrogen (secondary N) is 2. The van der Waals surface area contributed by atoms with E-state index >= 15 is 0 Å². The summed E-state index contributed by atoms with van der Waals surface area (Å²) in [5.41, 5.74) is 5.45. The van der Waals surface area contributed by atoms with E-state index in [-0.39, 0.29) is 11.8 Å². The van der Waals surface area contributed by atoms with Gasteiger partial charge >= 0.3 is 0 Å². The van der Waals surface area contributed by atoms with Crippen molar-refractivity contribution >= 4 is 11.8 Å². The standard InChI is InChI=1S/C20H28N2O4/c1-3-8-26-17-7-6-15(11-18(17)25-2)20(24)22-21-19(23)12-16-10-13-4-5-14(16)9-13/h6-7,11,13-14,16H,3-5,8-10,12H2,1-2H3,(H,21,23)(H,22,24)/t13-,14+,16-/m0/s1. The van der Waals surface area contributed by atoms with Gasteiger partial charge in [-0.1, -0.05) is 13.3 Å². The van der Waals surface area contributed by atoms with Crippen molar-refractivity contribution < 1.29 is 19.1 Å². The number of carbonyl (C=O) groups is 2. The molecule has 0 aliphatic heterocycles. The molecular formula is C20H28N2O4. The van der Waals surface area contributed by atoms with Crippen molar-refractivity contribution in [3.8, 4) is 11.5 Å². The first-order chi connectivity index (χ1) is 12.6. The summed E-state index contributed by atoms with van der Waals surface area (Å²) >= 11 is 0. The maximum Gasteiger partial charge on any atom is 0.269 e. The second-order valence-corrected chi connectivity index (χ2v) is 7.36. The van der Waals surface area contributed by atoms with Gasteiger partial charge in [0.15, 0.2) is 11.5 Å². The van der Waals surface area contributed by atoms with Crippen molar-refractivity contribution in [3.05, 3.63) is 23.8 Å².